The summed E-state index contributed by atoms with van der Waals surface area (Å²) in [7, 11) is 0. The third kappa shape index (κ3) is 4.84. The van der Waals surface area contributed by atoms with Gasteiger partial charge in [-0.15, -0.1) is 0 Å². The third-order valence-corrected chi connectivity index (χ3v) is 5.68. The van der Waals surface area contributed by atoms with Crippen LogP contribution >= 0.6 is 0 Å². The van der Waals surface area contributed by atoms with Gasteiger partial charge in [-0.25, -0.2) is 0 Å². The van der Waals surface area contributed by atoms with E-state index in [1.165, 1.54) is 12.1 Å². The molecule has 8 nitrogen and oxygen atoms in total. The van der Waals surface area contributed by atoms with Gasteiger partial charge in [-0.2, -0.15) is 5.26 Å². The molecule has 0 aliphatic carbocycles. The monoisotopic (exact) mass is 423 g/mol. The van der Waals surface area contributed by atoms with Crippen LogP contribution in [0.5, 0.6) is 5.75 Å². The molecule has 2 aromatic carbocycles. The van der Waals surface area contributed by atoms with E-state index in [4.69, 9.17) is 9.47 Å². The SMILES string of the molecule is CC[C@H](C)Oc1ccc(NC(=O)C2(c3ccc([N+](=O)[O-])cc3)CCOCC2)c(C#N)c1. The van der Waals surface area contributed by atoms with Crippen molar-refractivity contribution in [3.63, 3.8) is 0 Å². The van der Waals surface area contributed by atoms with E-state index in [1.54, 1.807) is 30.3 Å². The lowest BCUT2D eigenvalue weighted by atomic mass is 9.73. The maximum absolute atomic E-state index is 13.4. The number of hydrogen-bond donors (Lipinski definition) is 1. The molecule has 8 heteroatoms. The van der Waals surface area contributed by atoms with Gasteiger partial charge in [-0.05, 0) is 43.9 Å². The molecule has 2 aromatic rings. The fraction of sp³-hybridized carbons (Fsp3) is 0.391. The minimum absolute atomic E-state index is 0.0135. The summed E-state index contributed by atoms with van der Waals surface area (Å²) in [5.74, 6) is 0.303. The van der Waals surface area contributed by atoms with E-state index in [0.717, 1.165) is 6.42 Å². The van der Waals surface area contributed by atoms with E-state index in [2.05, 4.69) is 11.4 Å². The van der Waals surface area contributed by atoms with Gasteiger partial charge in [0.1, 0.15) is 11.8 Å². The van der Waals surface area contributed by atoms with Crippen LogP contribution in [0.4, 0.5) is 11.4 Å². The molecule has 1 fully saturated rings. The molecule has 0 unspecified atom stereocenters. The molecule has 3 rings (SSSR count). The number of carbonyl (C=O) groups excluding carboxylic acids is 1. The molecule has 1 saturated heterocycles. The molecule has 0 aromatic heterocycles. The average molecular weight is 423 g/mol. The van der Waals surface area contributed by atoms with Crippen LogP contribution in [0.1, 0.15) is 44.2 Å². The maximum atomic E-state index is 13.4. The van der Waals surface area contributed by atoms with Gasteiger partial charge in [0.25, 0.3) is 5.69 Å². The van der Waals surface area contributed by atoms with Crippen molar-refractivity contribution in [2.45, 2.75) is 44.6 Å². The number of rotatable bonds is 7. The number of carbonyl (C=O) groups is 1. The van der Waals surface area contributed by atoms with Crippen molar-refractivity contribution in [3.05, 3.63) is 63.7 Å². The number of nitrogens with one attached hydrogen (secondary N) is 1. The summed E-state index contributed by atoms with van der Waals surface area (Å²) in [5, 5.41) is 23.5. The quantitative estimate of drug-likeness (QED) is 0.524. The number of nitro groups is 1. The number of hydrogen-bond acceptors (Lipinski definition) is 6. The molecule has 1 heterocycles. The van der Waals surface area contributed by atoms with Gasteiger partial charge in [0.2, 0.25) is 5.91 Å². The van der Waals surface area contributed by atoms with Crippen molar-refractivity contribution in [2.24, 2.45) is 0 Å². The third-order valence-electron chi connectivity index (χ3n) is 5.68. The first-order chi connectivity index (χ1) is 14.9. The highest BCUT2D eigenvalue weighted by atomic mass is 16.6. The molecule has 0 radical (unpaired) electrons. The van der Waals surface area contributed by atoms with Crippen molar-refractivity contribution in [2.75, 3.05) is 18.5 Å². The topological polar surface area (TPSA) is 114 Å². The Morgan fingerprint density at radius 1 is 1.29 bits per heavy atom. The van der Waals surface area contributed by atoms with Crippen molar-refractivity contribution in [3.8, 4) is 11.8 Å². The Hall–Kier alpha value is -3.44. The summed E-state index contributed by atoms with van der Waals surface area (Å²) in [6.45, 7) is 4.76. The normalized spacial score (nSPS) is 16.0. The van der Waals surface area contributed by atoms with Crippen LogP contribution in [0.25, 0.3) is 0 Å². The predicted octanol–water partition coefficient (Wildman–Crippen LogP) is 4.33. The van der Waals surface area contributed by atoms with Crippen LogP contribution in [0.15, 0.2) is 42.5 Å². The predicted molar refractivity (Wildman–Crippen MR) is 115 cm³/mol. The van der Waals surface area contributed by atoms with E-state index >= 15 is 0 Å². The zero-order chi connectivity index (χ0) is 22.4. The fourth-order valence-corrected chi connectivity index (χ4v) is 3.62. The van der Waals surface area contributed by atoms with Crippen LogP contribution in [0.2, 0.25) is 0 Å². The first-order valence-corrected chi connectivity index (χ1v) is 10.2. The average Bonchev–Trinajstić information content (AvgIpc) is 2.80. The highest BCUT2D eigenvalue weighted by Gasteiger charge is 2.42. The van der Waals surface area contributed by atoms with Gasteiger partial charge in [-0.1, -0.05) is 19.1 Å². The molecule has 0 bridgehead atoms. The van der Waals surface area contributed by atoms with Crippen molar-refractivity contribution in [1.29, 1.82) is 5.26 Å². The number of amides is 1. The number of anilines is 1. The van der Waals surface area contributed by atoms with E-state index in [-0.39, 0.29) is 17.7 Å². The highest BCUT2D eigenvalue weighted by Crippen LogP contribution is 2.37. The van der Waals surface area contributed by atoms with Crippen LogP contribution in [-0.2, 0) is 14.9 Å². The standard InChI is InChI=1S/C23H25N3O5/c1-3-16(2)31-20-8-9-21(17(14-20)15-24)25-22(27)23(10-12-30-13-11-23)18-4-6-19(7-5-18)26(28)29/h4-9,14,16H,3,10-13H2,1-2H3,(H,25,27)/t16-/m0/s1. The smallest absolute Gasteiger partial charge is 0.269 e. The first kappa shape index (κ1) is 22.2. The number of nitro benzene ring substituents is 1. The highest BCUT2D eigenvalue weighted by molar-refractivity contribution is 6.00. The van der Waals surface area contributed by atoms with Crippen molar-refractivity contribution in [1.82, 2.24) is 0 Å². The summed E-state index contributed by atoms with van der Waals surface area (Å²) in [4.78, 5) is 24.0. The van der Waals surface area contributed by atoms with Gasteiger partial charge in [-0.3, -0.25) is 14.9 Å². The fourth-order valence-electron chi connectivity index (χ4n) is 3.62. The van der Waals surface area contributed by atoms with Gasteiger partial charge < -0.3 is 14.8 Å². The maximum Gasteiger partial charge on any atom is 0.269 e. The van der Waals surface area contributed by atoms with Crippen LogP contribution < -0.4 is 10.1 Å². The molecule has 0 spiro atoms. The van der Waals surface area contributed by atoms with E-state index < -0.39 is 10.3 Å². The summed E-state index contributed by atoms with van der Waals surface area (Å²) in [5.41, 5.74) is 0.465. The molecule has 1 N–H and O–H groups in total. The number of benzene rings is 2. The van der Waals surface area contributed by atoms with E-state index in [0.29, 0.717) is 48.6 Å². The largest absolute Gasteiger partial charge is 0.491 e. The second kappa shape index (κ2) is 9.58. The van der Waals surface area contributed by atoms with Gasteiger partial charge in [0.05, 0.1) is 27.7 Å². The summed E-state index contributed by atoms with van der Waals surface area (Å²) >= 11 is 0. The molecule has 1 aliphatic heterocycles. The lowest BCUT2D eigenvalue weighted by Crippen LogP contribution is -2.45. The second-order valence-electron chi connectivity index (χ2n) is 7.61. The van der Waals surface area contributed by atoms with Crippen molar-refractivity contribution >= 4 is 17.3 Å². The Kier molecular flexibility index (Phi) is 6.88. The lowest BCUT2D eigenvalue weighted by molar-refractivity contribution is -0.384. The molecule has 0 saturated carbocycles. The molecule has 1 atom stereocenters. The Morgan fingerprint density at radius 2 is 1.97 bits per heavy atom. The number of nitriles is 1. The Labute approximate surface area is 180 Å². The molecule has 31 heavy (non-hydrogen) atoms. The summed E-state index contributed by atoms with van der Waals surface area (Å²) < 4.78 is 11.2. The first-order valence-electron chi connectivity index (χ1n) is 10.2. The van der Waals surface area contributed by atoms with Crippen LogP contribution in [0, 0.1) is 21.4 Å². The minimum Gasteiger partial charge on any atom is -0.491 e. The minimum atomic E-state index is -0.897. The molecule has 162 valence electrons. The second-order valence-corrected chi connectivity index (χ2v) is 7.61. The molecule has 1 amide bonds. The van der Waals surface area contributed by atoms with Crippen LogP contribution in [0.3, 0.4) is 0 Å². The summed E-state index contributed by atoms with van der Waals surface area (Å²) in [6.07, 6.45) is 1.72. The molecule has 1 aliphatic rings. The Bertz CT molecular complexity index is 991. The molecular formula is C23H25N3O5. The lowest BCUT2D eigenvalue weighted by Gasteiger charge is -2.36. The Morgan fingerprint density at radius 3 is 2.55 bits per heavy atom. The van der Waals surface area contributed by atoms with Crippen molar-refractivity contribution < 1.29 is 19.2 Å². The number of non-ortho nitro benzene ring substituents is 1. The molecular weight excluding hydrogens is 398 g/mol. The number of ether oxygens (including phenoxy) is 2. The van der Waals surface area contributed by atoms with Gasteiger partial charge in [0, 0.05) is 31.4 Å². The summed E-state index contributed by atoms with van der Waals surface area (Å²) in [6, 6.07) is 13.2. The van der Waals surface area contributed by atoms with E-state index in [9.17, 15) is 20.2 Å². The number of nitrogens with zero attached hydrogens (tertiary/aromatic N) is 2. The van der Waals surface area contributed by atoms with Gasteiger partial charge in [0.15, 0.2) is 0 Å². The Balaban J connectivity index is 1.89. The van der Waals surface area contributed by atoms with Crippen LogP contribution in [-0.4, -0.2) is 30.1 Å². The zero-order valence-electron chi connectivity index (χ0n) is 17.6. The van der Waals surface area contributed by atoms with E-state index in [1.807, 2.05) is 13.8 Å². The zero-order valence-corrected chi connectivity index (χ0v) is 17.6. The van der Waals surface area contributed by atoms with Gasteiger partial charge >= 0.3 is 0 Å².